The zero-order valence-corrected chi connectivity index (χ0v) is 12.9. The van der Waals surface area contributed by atoms with E-state index in [4.69, 9.17) is 5.11 Å². The second-order valence-corrected chi connectivity index (χ2v) is 7.37. The third-order valence-corrected chi connectivity index (χ3v) is 6.08. The highest BCUT2D eigenvalue weighted by molar-refractivity contribution is 5.76. The fraction of sp³-hybridized carbons (Fsp3) is 0.875. The van der Waals surface area contributed by atoms with Crippen molar-refractivity contribution < 1.29 is 14.7 Å². The summed E-state index contributed by atoms with van der Waals surface area (Å²) in [6.07, 6.45) is 5.33. The maximum Gasteiger partial charge on any atom is 0.317 e. The number of carboxylic acid groups (broad SMARTS) is 1. The minimum absolute atomic E-state index is 0.0147. The quantitative estimate of drug-likeness (QED) is 0.835. The van der Waals surface area contributed by atoms with Gasteiger partial charge in [0.25, 0.3) is 0 Å². The first-order chi connectivity index (χ1) is 9.95. The van der Waals surface area contributed by atoms with Crippen molar-refractivity contribution in [3.63, 3.8) is 0 Å². The molecule has 2 aliphatic carbocycles. The summed E-state index contributed by atoms with van der Waals surface area (Å²) in [4.78, 5) is 24.9. The number of nitrogens with one attached hydrogen (secondary N) is 1. The molecule has 2 saturated carbocycles. The van der Waals surface area contributed by atoms with E-state index < -0.39 is 5.97 Å². The Bertz CT molecular complexity index is 433. The summed E-state index contributed by atoms with van der Waals surface area (Å²) in [6.45, 7) is 4.99. The zero-order valence-electron chi connectivity index (χ0n) is 12.9. The van der Waals surface area contributed by atoms with E-state index in [2.05, 4.69) is 12.2 Å². The lowest BCUT2D eigenvalue weighted by Gasteiger charge is -2.42. The topological polar surface area (TPSA) is 69.6 Å². The van der Waals surface area contributed by atoms with Crippen LogP contribution in [0.3, 0.4) is 0 Å². The van der Waals surface area contributed by atoms with Gasteiger partial charge in [-0.15, -0.1) is 0 Å². The number of aliphatic carboxylic acids is 1. The van der Waals surface area contributed by atoms with Gasteiger partial charge in [0, 0.05) is 25.0 Å². The van der Waals surface area contributed by atoms with Crippen molar-refractivity contribution in [1.29, 1.82) is 0 Å². The van der Waals surface area contributed by atoms with Crippen molar-refractivity contribution in [3.05, 3.63) is 0 Å². The maximum atomic E-state index is 12.2. The highest BCUT2D eigenvalue weighted by atomic mass is 16.4. The van der Waals surface area contributed by atoms with Crippen molar-refractivity contribution in [3.8, 4) is 0 Å². The predicted octanol–water partition coefficient (Wildman–Crippen LogP) is 2.17. The van der Waals surface area contributed by atoms with Crippen LogP contribution in [0.1, 0.15) is 39.5 Å². The van der Waals surface area contributed by atoms with E-state index in [0.29, 0.717) is 19.0 Å². The number of carboxylic acids is 1. The molecule has 2 N–H and O–H groups in total. The minimum atomic E-state index is -0.768. The number of likely N-dealkylation sites (tertiary alicyclic amines) is 1. The number of nitrogens with zero attached hydrogens (tertiary/aromatic N) is 1. The summed E-state index contributed by atoms with van der Waals surface area (Å²) in [5.74, 6) is 1.31. The van der Waals surface area contributed by atoms with Crippen LogP contribution in [0.15, 0.2) is 0 Å². The van der Waals surface area contributed by atoms with Crippen LogP contribution in [0.5, 0.6) is 0 Å². The molecule has 1 saturated heterocycles. The lowest BCUT2D eigenvalue weighted by atomic mass is 9.84. The van der Waals surface area contributed by atoms with E-state index in [0.717, 1.165) is 11.8 Å². The van der Waals surface area contributed by atoms with Crippen molar-refractivity contribution in [2.45, 2.75) is 45.6 Å². The fourth-order valence-corrected chi connectivity index (χ4v) is 4.50. The minimum Gasteiger partial charge on any atom is -0.481 e. The number of carbonyl (C=O) groups excluding carboxylic acids is 1. The molecule has 5 atom stereocenters. The van der Waals surface area contributed by atoms with Crippen LogP contribution in [0.25, 0.3) is 0 Å². The molecule has 0 radical (unpaired) electrons. The van der Waals surface area contributed by atoms with Gasteiger partial charge in [0.15, 0.2) is 0 Å². The average Bonchev–Trinajstić information content (AvgIpc) is 2.98. The van der Waals surface area contributed by atoms with Crippen molar-refractivity contribution in [1.82, 2.24) is 10.2 Å². The molecule has 5 heteroatoms. The number of hydrogen-bond donors (Lipinski definition) is 2. The van der Waals surface area contributed by atoms with E-state index >= 15 is 0 Å². The van der Waals surface area contributed by atoms with E-state index in [9.17, 15) is 9.59 Å². The van der Waals surface area contributed by atoms with Gasteiger partial charge in [-0.05, 0) is 43.9 Å². The van der Waals surface area contributed by atoms with Gasteiger partial charge in [0.1, 0.15) is 0 Å². The molecule has 21 heavy (non-hydrogen) atoms. The monoisotopic (exact) mass is 294 g/mol. The molecule has 3 rings (SSSR count). The van der Waals surface area contributed by atoms with Crippen LogP contribution < -0.4 is 5.32 Å². The number of urea groups is 1. The van der Waals surface area contributed by atoms with Crippen molar-refractivity contribution in [2.24, 2.45) is 29.6 Å². The van der Waals surface area contributed by atoms with Crippen LogP contribution in [0.2, 0.25) is 0 Å². The summed E-state index contributed by atoms with van der Waals surface area (Å²) in [7, 11) is 0. The zero-order chi connectivity index (χ0) is 15.1. The third kappa shape index (κ3) is 2.74. The van der Waals surface area contributed by atoms with Gasteiger partial charge in [-0.2, -0.15) is 0 Å². The molecule has 5 unspecified atom stereocenters. The van der Waals surface area contributed by atoms with Gasteiger partial charge in [-0.1, -0.05) is 13.3 Å². The second-order valence-electron chi connectivity index (χ2n) is 7.37. The molecule has 3 fully saturated rings. The molecular formula is C16H26N2O3. The predicted molar refractivity (Wildman–Crippen MR) is 78.8 cm³/mol. The van der Waals surface area contributed by atoms with Gasteiger partial charge in [0.05, 0.1) is 5.92 Å². The van der Waals surface area contributed by atoms with Crippen molar-refractivity contribution in [2.75, 3.05) is 13.1 Å². The molecule has 3 aliphatic rings. The Morgan fingerprint density at radius 2 is 1.90 bits per heavy atom. The Balaban J connectivity index is 1.44. The maximum absolute atomic E-state index is 12.2. The molecule has 0 aromatic carbocycles. The number of rotatable bonds is 4. The van der Waals surface area contributed by atoms with Gasteiger partial charge in [-0.25, -0.2) is 4.79 Å². The molecule has 1 aliphatic heterocycles. The second kappa shape index (κ2) is 5.50. The third-order valence-electron chi connectivity index (χ3n) is 6.08. The molecular weight excluding hydrogens is 268 g/mol. The Hall–Kier alpha value is -1.26. The molecule has 5 nitrogen and oxygen atoms in total. The molecule has 0 aromatic rings. The van der Waals surface area contributed by atoms with Gasteiger partial charge >= 0.3 is 12.0 Å². The lowest BCUT2D eigenvalue weighted by Crippen LogP contribution is -2.58. The summed E-state index contributed by atoms with van der Waals surface area (Å²) in [5.41, 5.74) is 0. The number of fused-ring (bicyclic) bond motifs is 2. The largest absolute Gasteiger partial charge is 0.481 e. The van der Waals surface area contributed by atoms with E-state index in [-0.39, 0.29) is 23.9 Å². The molecule has 118 valence electrons. The normalized spacial score (nSPS) is 34.4. The first-order valence-corrected chi connectivity index (χ1v) is 8.24. The number of hydrogen-bond acceptors (Lipinski definition) is 2. The van der Waals surface area contributed by atoms with Gasteiger partial charge in [0.2, 0.25) is 0 Å². The number of amides is 2. The molecule has 0 spiro atoms. The van der Waals surface area contributed by atoms with E-state index in [1.54, 1.807) is 11.8 Å². The summed E-state index contributed by atoms with van der Waals surface area (Å²) in [6, 6.07) is 0.225. The lowest BCUT2D eigenvalue weighted by molar-refractivity contribution is -0.144. The summed E-state index contributed by atoms with van der Waals surface area (Å²) in [5, 5.41) is 12.1. The first kappa shape index (κ1) is 14.7. The van der Waals surface area contributed by atoms with Crippen LogP contribution in [0.4, 0.5) is 4.79 Å². The SMILES string of the molecule is CC(NC(=O)N1CC(C(C)C(=O)O)C1)C1CC2CCC1C2. The Morgan fingerprint density at radius 1 is 1.19 bits per heavy atom. The van der Waals surface area contributed by atoms with Gasteiger partial charge < -0.3 is 15.3 Å². The Morgan fingerprint density at radius 3 is 2.43 bits per heavy atom. The Kier molecular flexibility index (Phi) is 3.84. The summed E-state index contributed by atoms with van der Waals surface area (Å²) < 4.78 is 0. The molecule has 2 amide bonds. The molecule has 0 aromatic heterocycles. The number of carbonyl (C=O) groups is 2. The van der Waals surface area contributed by atoms with Crippen molar-refractivity contribution >= 4 is 12.0 Å². The fourth-order valence-electron chi connectivity index (χ4n) is 4.50. The summed E-state index contributed by atoms with van der Waals surface area (Å²) >= 11 is 0. The van der Waals surface area contributed by atoms with Crippen LogP contribution in [-0.2, 0) is 4.79 Å². The standard InChI is InChI=1S/C16H26N2O3/c1-9(15(19)20)13-7-18(8-13)16(21)17-10(2)14-6-11-3-4-12(14)5-11/h9-14H,3-8H2,1-2H3,(H,17,21)(H,19,20). The van der Waals surface area contributed by atoms with E-state index in [1.165, 1.54) is 25.7 Å². The highest BCUT2D eigenvalue weighted by Gasteiger charge is 2.43. The van der Waals surface area contributed by atoms with Crippen LogP contribution in [-0.4, -0.2) is 41.1 Å². The molecule has 2 bridgehead atoms. The van der Waals surface area contributed by atoms with Crippen LogP contribution in [0, 0.1) is 29.6 Å². The Labute approximate surface area is 126 Å². The van der Waals surface area contributed by atoms with Crippen LogP contribution >= 0.6 is 0 Å². The average molecular weight is 294 g/mol. The molecule has 1 heterocycles. The smallest absolute Gasteiger partial charge is 0.317 e. The first-order valence-electron chi connectivity index (χ1n) is 8.24. The van der Waals surface area contributed by atoms with E-state index in [1.807, 2.05) is 0 Å². The highest BCUT2D eigenvalue weighted by Crippen LogP contribution is 2.49. The van der Waals surface area contributed by atoms with Gasteiger partial charge in [-0.3, -0.25) is 4.79 Å².